The van der Waals surface area contributed by atoms with E-state index in [4.69, 9.17) is 7.74 Å². The summed E-state index contributed by atoms with van der Waals surface area (Å²) in [6.45, 7) is -0.509. The monoisotopic (exact) mass is 80.1 g/mol. The van der Waals surface area contributed by atoms with Crippen molar-refractivity contribution in [3.63, 3.8) is 0 Å². The molecule has 6 heteroatoms. The molecule has 0 nitrogen and oxygen atoms in total. The summed E-state index contributed by atoms with van der Waals surface area (Å²) in [7, 11) is 5.26. The summed E-state index contributed by atoms with van der Waals surface area (Å²) in [5.41, 5.74) is 0. The van der Waals surface area contributed by atoms with Crippen LogP contribution in [0.2, 0.25) is 0 Å². The minimum absolute atomic E-state index is 0.0463. The quantitative estimate of drug-likeness (QED) is 0.292. The van der Waals surface area contributed by atoms with Crippen LogP contribution in [-0.4, -0.2) is 36.4 Å². The molecule has 6 heavy (non-hydrogen) atoms. The summed E-state index contributed by atoms with van der Waals surface area (Å²) in [6.07, 6.45) is 0.0463. The van der Waals surface area contributed by atoms with Crippen LogP contribution in [0.25, 0.3) is 0 Å². The molecule has 0 N–H and O–H groups in total. The molecule has 0 fully saturated rings. The van der Waals surface area contributed by atoms with Gasteiger partial charge in [0.2, 0.25) is 0 Å². The van der Waals surface area contributed by atoms with Gasteiger partial charge in [0, 0.05) is 0 Å². The molecule has 0 saturated carbocycles. The highest BCUT2D eigenvalue weighted by Crippen LogP contribution is 1.73. The predicted octanol–water partition coefficient (Wildman–Crippen LogP) is -3.09. The molecule has 0 heterocycles. The third-order valence-corrected chi connectivity index (χ3v) is 0.0727. The molecular weight excluding hydrogens is 73.1 g/mol. The SMILES string of the molecule is [B]B([BH3-])B([BH3-])F. The van der Waals surface area contributed by atoms with Gasteiger partial charge in [0.05, 0.1) is 6.77 Å². The Bertz CT molecular complexity index is 24.9. The van der Waals surface area contributed by atoms with Crippen LogP contribution in [0.15, 0.2) is 0 Å². The molecule has 0 saturated heterocycles. The second-order valence-corrected chi connectivity index (χ2v) is 0.318. The maximum absolute atomic E-state index is 11.9. The van der Waals surface area contributed by atoms with Gasteiger partial charge in [0.1, 0.15) is 0 Å². The predicted molar refractivity (Wildman–Crippen MR) is 38.2 cm³/mol. The van der Waals surface area contributed by atoms with Crippen LogP contribution in [0.5, 0.6) is 0 Å². The third kappa shape index (κ3) is 2.49. The molecule has 0 aliphatic rings. The Morgan fingerprint density at radius 3 is 1.67 bits per heavy atom. The fraction of sp³-hybridized carbons (Fsp3) is 0. The van der Waals surface area contributed by atoms with Crippen LogP contribution in [0, 0.1) is 0 Å². The van der Waals surface area contributed by atoms with Crippen molar-refractivity contribution in [3.8, 4) is 0 Å². The van der Waals surface area contributed by atoms with E-state index in [0.717, 1.165) is 0 Å². The summed E-state index contributed by atoms with van der Waals surface area (Å²) in [5.74, 6) is 0. The highest BCUT2D eigenvalue weighted by Gasteiger charge is 1.95. The Kier molecular flexibility index (Phi) is 2.53. The molecule has 0 atom stereocenters. The van der Waals surface area contributed by atoms with E-state index >= 15 is 0 Å². The van der Waals surface area contributed by atoms with Crippen LogP contribution in [0.3, 0.4) is 0 Å². The lowest BCUT2D eigenvalue weighted by Gasteiger charge is -2.06. The van der Waals surface area contributed by atoms with Crippen molar-refractivity contribution in [2.24, 2.45) is 0 Å². The van der Waals surface area contributed by atoms with E-state index in [1.165, 1.54) is 0 Å². The Hall–Kier alpha value is 0.255. The van der Waals surface area contributed by atoms with Gasteiger partial charge >= 0.3 is 0 Å². The molecule has 0 amide bonds. The van der Waals surface area contributed by atoms with Crippen LogP contribution in [0.1, 0.15) is 0 Å². The first-order valence-electron chi connectivity index (χ1n) is 0.885. The first-order chi connectivity index (χ1) is 2.64. The second kappa shape index (κ2) is 2.43. The van der Waals surface area contributed by atoms with Gasteiger partial charge in [-0.1, -0.05) is 7.74 Å². The van der Waals surface area contributed by atoms with Crippen LogP contribution in [-0.2, 0) is 0 Å². The molecule has 0 aromatic heterocycles. The van der Waals surface area contributed by atoms with Gasteiger partial charge < -0.3 is 4.32 Å². The maximum atomic E-state index is 11.9. The molecule has 0 unspecified atom stereocenters. The number of hydrogen-bond acceptors (Lipinski definition) is 0. The van der Waals surface area contributed by atoms with Crippen molar-refractivity contribution in [2.45, 2.75) is 0 Å². The van der Waals surface area contributed by atoms with Crippen LogP contribution >= 0.6 is 0 Å². The molecule has 2 radical (unpaired) electrons. The van der Waals surface area contributed by atoms with E-state index in [-0.39, 0.29) is 21.9 Å². The van der Waals surface area contributed by atoms with Crippen molar-refractivity contribution >= 4 is 36.4 Å². The first kappa shape index (κ1) is 6.25. The molecule has 0 aliphatic heterocycles. The normalized spacial score (nSPS) is 7.83. The van der Waals surface area contributed by atoms with Crippen molar-refractivity contribution in [1.29, 1.82) is 0 Å². The molecule has 0 bridgehead atoms. The third-order valence-electron chi connectivity index (χ3n) is 0.0727. The van der Waals surface area contributed by atoms with E-state index in [1.807, 2.05) is 0 Å². The van der Waals surface area contributed by atoms with Gasteiger partial charge in [0.15, 0.2) is 0 Å². The van der Waals surface area contributed by atoms with E-state index in [2.05, 4.69) is 0 Å². The van der Waals surface area contributed by atoms with Crippen molar-refractivity contribution in [2.75, 3.05) is 0 Å². The largest absolute Gasteiger partial charge is 0.399 e. The molecule has 0 spiro atoms. The molecular formula is H6B5F-2. The molecule has 0 aliphatic carbocycles. The zero-order chi connectivity index (χ0) is 5.15. The zero-order valence-corrected chi connectivity index (χ0v) is 2.11. The van der Waals surface area contributed by atoms with E-state index in [0.29, 0.717) is 0 Å². The van der Waals surface area contributed by atoms with Gasteiger partial charge in [-0.2, -0.15) is 0 Å². The minimum Gasteiger partial charge on any atom is -0.399 e. The van der Waals surface area contributed by atoms with E-state index in [9.17, 15) is 4.32 Å². The topological polar surface area (TPSA) is 0 Å². The molecule has 0 aromatic rings. The standard InChI is InChI=1S/B5FH6/c1-4(2)5(3)6/h1,3H3/q-2. The average Bonchev–Trinajstić information content (AvgIpc) is 1.36. The maximum Gasteiger partial charge on any atom is 0.0867 e. The lowest BCUT2D eigenvalue weighted by Crippen LogP contribution is -2.33. The first-order valence-corrected chi connectivity index (χ1v) is 0.885. The zero-order valence-electron chi connectivity index (χ0n) is 2.11. The van der Waals surface area contributed by atoms with E-state index < -0.39 is 6.77 Å². The molecule has 30 valence electrons. The fourth-order valence-corrected chi connectivity index (χ4v) is 0. The van der Waals surface area contributed by atoms with Crippen molar-refractivity contribution in [3.05, 3.63) is 0 Å². The molecule has 0 aromatic carbocycles. The average molecular weight is 79.1 g/mol. The minimum atomic E-state index is -0.509. The summed E-state index contributed by atoms with van der Waals surface area (Å²) in [6, 6.07) is 0. The molecule has 0 rings (SSSR count). The Morgan fingerprint density at radius 2 is 1.67 bits per heavy atom. The van der Waals surface area contributed by atoms with E-state index in [1.54, 1.807) is 0 Å². The Labute approximate surface area is 41.6 Å². The summed E-state index contributed by atoms with van der Waals surface area (Å²) in [4.78, 5) is 0. The Balaban J connectivity index is 2.99. The summed E-state index contributed by atoms with van der Waals surface area (Å²) in [5, 5.41) is 0. The lowest BCUT2D eigenvalue weighted by molar-refractivity contribution is 0.883. The van der Waals surface area contributed by atoms with Crippen molar-refractivity contribution in [1.82, 2.24) is 0 Å². The van der Waals surface area contributed by atoms with Crippen molar-refractivity contribution < 1.29 is 4.32 Å². The van der Waals surface area contributed by atoms with Gasteiger partial charge in [-0.15, -0.1) is 6.39 Å². The Morgan fingerprint density at radius 1 is 1.50 bits per heavy atom. The van der Waals surface area contributed by atoms with Crippen LogP contribution < -0.4 is 0 Å². The summed E-state index contributed by atoms with van der Waals surface area (Å²) < 4.78 is 11.9. The number of halogens is 1. The summed E-state index contributed by atoms with van der Waals surface area (Å²) >= 11 is 0. The fourth-order valence-electron chi connectivity index (χ4n) is 0. The smallest absolute Gasteiger partial charge is 0.0867 e. The number of hydrogen-bond donors (Lipinski definition) is 0. The van der Waals surface area contributed by atoms with Gasteiger partial charge in [-0.3, -0.25) is 0 Å². The van der Waals surface area contributed by atoms with Crippen LogP contribution in [0.4, 0.5) is 4.32 Å². The second-order valence-electron chi connectivity index (χ2n) is 0.318. The number of rotatable bonds is 1. The highest BCUT2D eigenvalue weighted by molar-refractivity contribution is 7.64. The van der Waals surface area contributed by atoms with Gasteiger partial charge in [-0.25, -0.2) is 0 Å². The van der Waals surface area contributed by atoms with Gasteiger partial charge in [0.25, 0.3) is 0 Å². The highest BCUT2D eigenvalue weighted by atomic mass is 19.1. The lowest BCUT2D eigenvalue weighted by atomic mass is 8.94. The van der Waals surface area contributed by atoms with Gasteiger partial charge in [-0.05, 0) is 15.5 Å².